The molecule has 4 rings (SSSR count). The molecule has 0 N–H and O–H groups in total. The van der Waals surface area contributed by atoms with E-state index >= 15 is 0 Å². The number of fused-ring (bicyclic) bond motifs is 4. The zero-order chi connectivity index (χ0) is 21.3. The number of unbranched alkanes of at least 4 members (excludes halogenated alkanes) is 4. The van der Waals surface area contributed by atoms with Crippen LogP contribution in [0, 0.1) is 23.2 Å². The van der Waals surface area contributed by atoms with Crippen molar-refractivity contribution in [2.45, 2.75) is 110 Å². The zero-order valence-electron chi connectivity index (χ0n) is 19.3. The van der Waals surface area contributed by atoms with Gasteiger partial charge in [0.1, 0.15) is 6.10 Å². The maximum Gasteiger partial charge on any atom is 0.302 e. The lowest BCUT2D eigenvalue weighted by molar-refractivity contribution is -0.154. The maximum absolute atomic E-state index is 12.1. The summed E-state index contributed by atoms with van der Waals surface area (Å²) in [4.78, 5) is 23.9. The number of carbonyl (C=O) groups excluding carboxylic acids is 2. The highest BCUT2D eigenvalue weighted by Crippen LogP contribution is 2.63. The Morgan fingerprint density at radius 3 is 2.67 bits per heavy atom. The molecule has 30 heavy (non-hydrogen) atoms. The third-order valence-electron chi connectivity index (χ3n) is 8.72. The third-order valence-corrected chi connectivity index (χ3v) is 8.72. The fourth-order valence-corrected chi connectivity index (χ4v) is 7.43. The molecule has 4 aliphatic rings. The monoisotopic (exact) mass is 412 g/mol. The molecule has 2 saturated carbocycles. The van der Waals surface area contributed by atoms with Crippen molar-refractivity contribution in [2.75, 3.05) is 0 Å². The van der Waals surface area contributed by atoms with E-state index in [0.717, 1.165) is 25.7 Å². The van der Waals surface area contributed by atoms with Gasteiger partial charge in [0, 0.05) is 18.8 Å². The van der Waals surface area contributed by atoms with E-state index in [1.165, 1.54) is 56.9 Å². The highest BCUT2D eigenvalue weighted by molar-refractivity contribution is 5.93. The summed E-state index contributed by atoms with van der Waals surface area (Å²) in [5, 5.41) is 0. The number of hydrogen-bond donors (Lipinski definition) is 0. The van der Waals surface area contributed by atoms with Crippen molar-refractivity contribution in [3.05, 3.63) is 22.8 Å². The molecular weight excluding hydrogens is 372 g/mol. The third kappa shape index (κ3) is 4.06. The van der Waals surface area contributed by atoms with Gasteiger partial charge in [-0.15, -0.1) is 0 Å². The van der Waals surface area contributed by atoms with E-state index in [4.69, 9.17) is 4.74 Å². The van der Waals surface area contributed by atoms with Crippen LogP contribution in [0.3, 0.4) is 0 Å². The van der Waals surface area contributed by atoms with Crippen LogP contribution in [-0.2, 0) is 14.3 Å². The minimum Gasteiger partial charge on any atom is -0.462 e. The lowest BCUT2D eigenvalue weighted by Gasteiger charge is -2.52. The van der Waals surface area contributed by atoms with E-state index in [-0.39, 0.29) is 17.5 Å². The molecule has 3 heteroatoms. The van der Waals surface area contributed by atoms with Gasteiger partial charge in [0.15, 0.2) is 5.78 Å². The van der Waals surface area contributed by atoms with Crippen molar-refractivity contribution in [3.8, 4) is 0 Å². The fourth-order valence-electron chi connectivity index (χ4n) is 7.43. The van der Waals surface area contributed by atoms with Crippen LogP contribution in [0.15, 0.2) is 22.8 Å². The van der Waals surface area contributed by atoms with Gasteiger partial charge in [0.2, 0.25) is 0 Å². The summed E-state index contributed by atoms with van der Waals surface area (Å²) in [6.07, 6.45) is 17.1. The number of esters is 1. The number of ether oxygens (including phenoxy) is 1. The Morgan fingerprint density at radius 2 is 1.90 bits per heavy atom. The Kier molecular flexibility index (Phi) is 6.55. The molecule has 2 fully saturated rings. The van der Waals surface area contributed by atoms with Crippen LogP contribution < -0.4 is 0 Å². The first-order valence-electron chi connectivity index (χ1n) is 12.6. The van der Waals surface area contributed by atoms with Gasteiger partial charge in [0.05, 0.1) is 0 Å². The normalized spacial score (nSPS) is 35.4. The first-order chi connectivity index (χ1) is 14.4. The predicted molar refractivity (Wildman–Crippen MR) is 120 cm³/mol. The fraction of sp³-hybridized carbons (Fsp3) is 0.778. The second-order valence-electron chi connectivity index (χ2n) is 10.6. The molecule has 0 unspecified atom stereocenters. The topological polar surface area (TPSA) is 43.4 Å². The summed E-state index contributed by atoms with van der Waals surface area (Å²) < 4.78 is 5.88. The number of ketones is 1. The molecule has 0 radical (unpaired) electrons. The minimum absolute atomic E-state index is 0.0824. The lowest BCUT2D eigenvalue weighted by Crippen LogP contribution is -2.46. The van der Waals surface area contributed by atoms with Crippen molar-refractivity contribution in [3.63, 3.8) is 0 Å². The minimum atomic E-state index is -0.123. The molecule has 4 aliphatic carbocycles. The molecule has 0 aromatic carbocycles. The molecule has 5 atom stereocenters. The predicted octanol–water partition coefficient (Wildman–Crippen LogP) is 6.71. The van der Waals surface area contributed by atoms with Crippen molar-refractivity contribution in [2.24, 2.45) is 23.2 Å². The number of rotatable bonds is 7. The average Bonchev–Trinajstić information content (AvgIpc) is 3.02. The molecule has 0 saturated heterocycles. The van der Waals surface area contributed by atoms with Gasteiger partial charge in [-0.05, 0) is 79.9 Å². The number of hydrogen-bond acceptors (Lipinski definition) is 3. The second-order valence-corrected chi connectivity index (χ2v) is 10.6. The zero-order valence-corrected chi connectivity index (χ0v) is 19.3. The average molecular weight is 413 g/mol. The van der Waals surface area contributed by atoms with Crippen molar-refractivity contribution < 1.29 is 14.3 Å². The highest BCUT2D eigenvalue weighted by Gasteiger charge is 2.57. The summed E-state index contributed by atoms with van der Waals surface area (Å²) in [5.74, 6) is 2.05. The van der Waals surface area contributed by atoms with Gasteiger partial charge in [-0.25, -0.2) is 0 Å². The van der Waals surface area contributed by atoms with Gasteiger partial charge in [-0.1, -0.05) is 51.5 Å². The first kappa shape index (κ1) is 21.8. The summed E-state index contributed by atoms with van der Waals surface area (Å²) in [6.45, 7) is 6.25. The Bertz CT molecular complexity index is 745. The largest absolute Gasteiger partial charge is 0.462 e. The maximum atomic E-state index is 12.1. The summed E-state index contributed by atoms with van der Waals surface area (Å²) in [7, 11) is 0. The van der Waals surface area contributed by atoms with Crippen LogP contribution >= 0.6 is 0 Å². The van der Waals surface area contributed by atoms with Crippen LogP contribution in [0.4, 0.5) is 0 Å². The van der Waals surface area contributed by atoms with Gasteiger partial charge in [0.25, 0.3) is 0 Å². The SMILES string of the molecule is CCCCCCC[C@H]1C[C@]2(C)[C@@H](OC(C)=O)CC[C@H]2[C@@H]2CCC3=CC(=O)CCC3=C12. The van der Waals surface area contributed by atoms with Gasteiger partial charge in [-0.2, -0.15) is 0 Å². The van der Waals surface area contributed by atoms with Gasteiger partial charge in [-0.3, -0.25) is 9.59 Å². The molecular formula is C27H40O3. The van der Waals surface area contributed by atoms with Crippen LogP contribution in [0.5, 0.6) is 0 Å². The molecule has 3 nitrogen and oxygen atoms in total. The molecule has 0 heterocycles. The summed E-state index contributed by atoms with van der Waals surface area (Å²) in [5.41, 5.74) is 4.75. The second kappa shape index (κ2) is 9.01. The van der Waals surface area contributed by atoms with E-state index in [0.29, 0.717) is 30.0 Å². The van der Waals surface area contributed by atoms with E-state index < -0.39 is 0 Å². The molecule has 0 amide bonds. The van der Waals surface area contributed by atoms with Crippen LogP contribution in [0.25, 0.3) is 0 Å². The Morgan fingerprint density at radius 1 is 1.10 bits per heavy atom. The smallest absolute Gasteiger partial charge is 0.302 e. The highest BCUT2D eigenvalue weighted by atomic mass is 16.5. The number of allylic oxidation sites excluding steroid dienone is 4. The lowest BCUT2D eigenvalue weighted by atomic mass is 9.53. The number of carbonyl (C=O) groups is 2. The van der Waals surface area contributed by atoms with E-state index in [1.54, 1.807) is 18.1 Å². The molecule has 0 aliphatic heterocycles. The van der Waals surface area contributed by atoms with Crippen molar-refractivity contribution >= 4 is 11.8 Å². The molecule has 0 spiro atoms. The quantitative estimate of drug-likeness (QED) is 0.345. The van der Waals surface area contributed by atoms with Gasteiger partial charge < -0.3 is 4.74 Å². The van der Waals surface area contributed by atoms with Crippen LogP contribution in [0.1, 0.15) is 104 Å². The van der Waals surface area contributed by atoms with E-state index in [1.807, 2.05) is 6.08 Å². The molecule has 0 bridgehead atoms. The molecule has 166 valence electrons. The Hall–Kier alpha value is -1.38. The van der Waals surface area contributed by atoms with Crippen LogP contribution in [0.2, 0.25) is 0 Å². The van der Waals surface area contributed by atoms with Gasteiger partial charge >= 0.3 is 5.97 Å². The van der Waals surface area contributed by atoms with E-state index in [2.05, 4.69) is 13.8 Å². The Labute approximate surface area is 182 Å². The first-order valence-corrected chi connectivity index (χ1v) is 12.6. The standard InChI is InChI=1S/C27H40O3/c1-4-5-6-7-8-9-20-17-27(3)24(14-15-25(27)30-18(2)28)23-12-10-19-16-21(29)11-13-22(19)26(20)23/h16,20,23-25H,4-15,17H2,1-3H3/t20-,23-,24-,25-,27-/m0/s1. The Balaban J connectivity index is 1.63. The van der Waals surface area contributed by atoms with E-state index in [9.17, 15) is 9.59 Å². The van der Waals surface area contributed by atoms with Crippen molar-refractivity contribution in [1.82, 2.24) is 0 Å². The molecule has 0 aromatic rings. The van der Waals surface area contributed by atoms with Crippen molar-refractivity contribution in [1.29, 1.82) is 0 Å². The summed E-state index contributed by atoms with van der Waals surface area (Å²) >= 11 is 0. The summed E-state index contributed by atoms with van der Waals surface area (Å²) in [6, 6.07) is 0. The molecule has 0 aromatic heterocycles. The van der Waals surface area contributed by atoms with Crippen LogP contribution in [-0.4, -0.2) is 17.9 Å².